The van der Waals surface area contributed by atoms with Gasteiger partial charge in [-0.3, -0.25) is 0 Å². The van der Waals surface area contributed by atoms with Gasteiger partial charge >= 0.3 is 6.18 Å². The zero-order valence-corrected chi connectivity index (χ0v) is 6.47. The van der Waals surface area contributed by atoms with Crippen LogP contribution in [0.4, 0.5) is 13.2 Å². The van der Waals surface area contributed by atoms with Crippen LogP contribution in [0.1, 0.15) is 12.8 Å². The molecule has 1 heterocycles. The molecule has 0 aliphatic carbocycles. The molecular formula is C7H11F3O2. The van der Waals surface area contributed by atoms with Gasteiger partial charge in [0.15, 0.2) is 6.10 Å². The largest absolute Gasteiger partial charge is 0.414 e. The molecule has 1 aliphatic heterocycles. The fourth-order valence-corrected chi connectivity index (χ4v) is 1.21. The molecule has 0 aromatic heterocycles. The first-order chi connectivity index (χ1) is 5.54. The van der Waals surface area contributed by atoms with Crippen LogP contribution in [0.5, 0.6) is 0 Å². The second kappa shape index (κ2) is 3.62. The van der Waals surface area contributed by atoms with E-state index < -0.39 is 12.3 Å². The van der Waals surface area contributed by atoms with Gasteiger partial charge in [-0.2, -0.15) is 13.2 Å². The Morgan fingerprint density at radius 3 is 2.33 bits per heavy atom. The lowest BCUT2D eigenvalue weighted by Gasteiger charge is -2.29. The van der Waals surface area contributed by atoms with E-state index in [0.29, 0.717) is 6.42 Å². The smallest absolute Gasteiger partial charge is 0.396 e. The zero-order chi connectivity index (χ0) is 9.19. The Morgan fingerprint density at radius 2 is 2.00 bits per heavy atom. The highest BCUT2D eigenvalue weighted by Crippen LogP contribution is 2.31. The summed E-state index contributed by atoms with van der Waals surface area (Å²) in [6.45, 7) is -0.0781. The Hall–Kier alpha value is -0.290. The Balaban J connectivity index is 2.36. The van der Waals surface area contributed by atoms with E-state index in [1.807, 2.05) is 0 Å². The fourth-order valence-electron chi connectivity index (χ4n) is 1.21. The van der Waals surface area contributed by atoms with Crippen molar-refractivity contribution < 1.29 is 23.0 Å². The van der Waals surface area contributed by atoms with E-state index in [4.69, 9.17) is 5.11 Å². The SMILES string of the molecule is OC[C@@H]1CC[C@H](C(F)(F)F)OC1. The minimum atomic E-state index is -4.25. The molecule has 0 bridgehead atoms. The quantitative estimate of drug-likeness (QED) is 0.666. The lowest BCUT2D eigenvalue weighted by Crippen LogP contribution is -2.38. The van der Waals surface area contributed by atoms with Crippen LogP contribution in [0.2, 0.25) is 0 Å². The first-order valence-electron chi connectivity index (χ1n) is 3.83. The van der Waals surface area contributed by atoms with Crippen molar-refractivity contribution in [3.63, 3.8) is 0 Å². The van der Waals surface area contributed by atoms with Crippen LogP contribution in [0.15, 0.2) is 0 Å². The molecule has 12 heavy (non-hydrogen) atoms. The molecule has 0 saturated carbocycles. The normalized spacial score (nSPS) is 32.0. The maximum Gasteiger partial charge on any atom is 0.414 e. The molecule has 2 nitrogen and oxygen atoms in total. The number of rotatable bonds is 1. The molecule has 1 N–H and O–H groups in total. The molecule has 0 spiro atoms. The molecule has 1 rings (SSSR count). The molecule has 0 aromatic carbocycles. The summed E-state index contributed by atoms with van der Waals surface area (Å²) in [5, 5.41) is 8.62. The van der Waals surface area contributed by atoms with Crippen LogP contribution in [-0.2, 0) is 4.74 Å². The highest BCUT2D eigenvalue weighted by atomic mass is 19.4. The van der Waals surface area contributed by atoms with Gasteiger partial charge in [-0.05, 0) is 12.8 Å². The van der Waals surface area contributed by atoms with Crippen LogP contribution in [0, 0.1) is 5.92 Å². The van der Waals surface area contributed by atoms with E-state index in [0.717, 1.165) is 0 Å². The Kier molecular flexibility index (Phi) is 2.95. The van der Waals surface area contributed by atoms with Gasteiger partial charge in [0, 0.05) is 12.5 Å². The van der Waals surface area contributed by atoms with Crippen molar-refractivity contribution in [2.45, 2.75) is 25.1 Å². The predicted molar refractivity (Wildman–Crippen MR) is 35.6 cm³/mol. The minimum Gasteiger partial charge on any atom is -0.396 e. The number of hydrogen-bond donors (Lipinski definition) is 1. The first-order valence-corrected chi connectivity index (χ1v) is 3.83. The van der Waals surface area contributed by atoms with E-state index in [9.17, 15) is 13.2 Å². The van der Waals surface area contributed by atoms with E-state index >= 15 is 0 Å². The maximum atomic E-state index is 12.0. The molecule has 0 amide bonds. The second-order valence-electron chi connectivity index (χ2n) is 2.99. The van der Waals surface area contributed by atoms with Crippen molar-refractivity contribution in [2.75, 3.05) is 13.2 Å². The average molecular weight is 184 g/mol. The molecule has 0 unspecified atom stereocenters. The van der Waals surface area contributed by atoms with Crippen LogP contribution in [-0.4, -0.2) is 30.6 Å². The zero-order valence-electron chi connectivity index (χ0n) is 6.47. The molecule has 0 radical (unpaired) electrons. The van der Waals surface area contributed by atoms with Gasteiger partial charge in [-0.1, -0.05) is 0 Å². The lowest BCUT2D eigenvalue weighted by atomic mass is 9.99. The molecule has 1 fully saturated rings. The van der Waals surface area contributed by atoms with Gasteiger partial charge in [0.1, 0.15) is 0 Å². The van der Waals surface area contributed by atoms with Crippen molar-refractivity contribution in [1.29, 1.82) is 0 Å². The van der Waals surface area contributed by atoms with Gasteiger partial charge in [0.25, 0.3) is 0 Å². The van der Waals surface area contributed by atoms with E-state index in [-0.39, 0.29) is 25.6 Å². The van der Waals surface area contributed by atoms with Crippen molar-refractivity contribution in [3.8, 4) is 0 Å². The van der Waals surface area contributed by atoms with Gasteiger partial charge in [0.05, 0.1) is 6.61 Å². The third kappa shape index (κ3) is 2.35. The average Bonchev–Trinajstić information content (AvgIpc) is 2.03. The van der Waals surface area contributed by atoms with E-state index in [1.165, 1.54) is 0 Å². The van der Waals surface area contributed by atoms with E-state index in [2.05, 4.69) is 4.74 Å². The number of aliphatic hydroxyl groups is 1. The number of alkyl halides is 3. The topological polar surface area (TPSA) is 29.5 Å². The summed E-state index contributed by atoms with van der Waals surface area (Å²) in [6, 6.07) is 0. The summed E-state index contributed by atoms with van der Waals surface area (Å²) >= 11 is 0. The van der Waals surface area contributed by atoms with Crippen LogP contribution < -0.4 is 0 Å². The van der Waals surface area contributed by atoms with Crippen molar-refractivity contribution >= 4 is 0 Å². The minimum absolute atomic E-state index is 0.0146. The predicted octanol–water partition coefficient (Wildman–Crippen LogP) is 1.34. The summed E-state index contributed by atoms with van der Waals surface area (Å²) < 4.78 is 40.5. The number of ether oxygens (including phenoxy) is 1. The summed E-state index contributed by atoms with van der Waals surface area (Å²) in [7, 11) is 0. The Labute approximate surface area is 68.3 Å². The monoisotopic (exact) mass is 184 g/mol. The standard InChI is InChI=1S/C7H11F3O2/c8-7(9,10)6-2-1-5(3-11)4-12-6/h5-6,11H,1-4H2/t5-,6+/m0/s1. The van der Waals surface area contributed by atoms with Crippen molar-refractivity contribution in [1.82, 2.24) is 0 Å². The highest BCUT2D eigenvalue weighted by molar-refractivity contribution is 4.75. The Bertz CT molecular complexity index is 138. The van der Waals surface area contributed by atoms with Crippen molar-refractivity contribution in [2.24, 2.45) is 5.92 Å². The number of halogens is 3. The summed E-state index contributed by atoms with van der Waals surface area (Å²) in [5.41, 5.74) is 0. The molecule has 2 atom stereocenters. The fraction of sp³-hybridized carbons (Fsp3) is 1.00. The first kappa shape index (κ1) is 9.80. The molecule has 5 heteroatoms. The third-order valence-corrected chi connectivity index (χ3v) is 1.99. The molecule has 1 saturated heterocycles. The summed E-state index contributed by atoms with van der Waals surface area (Å²) in [6.07, 6.45) is -5.52. The van der Waals surface area contributed by atoms with Crippen molar-refractivity contribution in [3.05, 3.63) is 0 Å². The van der Waals surface area contributed by atoms with Crippen LogP contribution in [0.3, 0.4) is 0 Å². The van der Waals surface area contributed by atoms with Gasteiger partial charge in [-0.25, -0.2) is 0 Å². The van der Waals surface area contributed by atoms with Gasteiger partial charge in [-0.15, -0.1) is 0 Å². The second-order valence-corrected chi connectivity index (χ2v) is 2.99. The molecule has 1 aliphatic rings. The lowest BCUT2D eigenvalue weighted by molar-refractivity contribution is -0.236. The maximum absolute atomic E-state index is 12.0. The van der Waals surface area contributed by atoms with Gasteiger partial charge < -0.3 is 9.84 Å². The summed E-state index contributed by atoms with van der Waals surface area (Å²) in [4.78, 5) is 0. The van der Waals surface area contributed by atoms with Gasteiger partial charge in [0.2, 0.25) is 0 Å². The molecule has 72 valence electrons. The Morgan fingerprint density at radius 1 is 1.33 bits per heavy atom. The van der Waals surface area contributed by atoms with Crippen LogP contribution in [0.25, 0.3) is 0 Å². The summed E-state index contributed by atoms with van der Waals surface area (Å²) in [5.74, 6) is -0.122. The molecule has 0 aromatic rings. The number of aliphatic hydroxyl groups excluding tert-OH is 1. The third-order valence-electron chi connectivity index (χ3n) is 1.99. The van der Waals surface area contributed by atoms with Crippen LogP contribution >= 0.6 is 0 Å². The molecular weight excluding hydrogens is 173 g/mol. The van der Waals surface area contributed by atoms with E-state index in [1.54, 1.807) is 0 Å². The highest BCUT2D eigenvalue weighted by Gasteiger charge is 2.42. The number of hydrogen-bond acceptors (Lipinski definition) is 2.